The zero-order valence-corrected chi connectivity index (χ0v) is 11.7. The quantitative estimate of drug-likeness (QED) is 0.860. The molecule has 0 radical (unpaired) electrons. The number of carboxylic acids is 1. The SMILES string of the molecule is Cc1cccc(C=CC(=O)N2CCC(C(=O)O)C2C)c1. The maximum atomic E-state index is 12.1. The molecule has 0 aromatic heterocycles. The summed E-state index contributed by atoms with van der Waals surface area (Å²) in [6.45, 7) is 4.30. The van der Waals surface area contributed by atoms with E-state index in [1.165, 1.54) is 6.08 Å². The predicted molar refractivity (Wildman–Crippen MR) is 77.1 cm³/mol. The number of carbonyl (C=O) groups is 2. The van der Waals surface area contributed by atoms with Crippen LogP contribution in [0.3, 0.4) is 0 Å². The Hall–Kier alpha value is -2.10. The first-order chi connectivity index (χ1) is 9.49. The highest BCUT2D eigenvalue weighted by atomic mass is 16.4. The van der Waals surface area contributed by atoms with Crippen LogP contribution in [0.4, 0.5) is 0 Å². The Labute approximate surface area is 118 Å². The summed E-state index contributed by atoms with van der Waals surface area (Å²) < 4.78 is 0. The molecule has 1 fully saturated rings. The summed E-state index contributed by atoms with van der Waals surface area (Å²) in [6, 6.07) is 7.63. The van der Waals surface area contributed by atoms with Gasteiger partial charge in [-0.05, 0) is 31.9 Å². The van der Waals surface area contributed by atoms with Gasteiger partial charge in [0, 0.05) is 18.7 Å². The summed E-state index contributed by atoms with van der Waals surface area (Å²) in [7, 11) is 0. The first kappa shape index (κ1) is 14.3. The molecule has 1 aliphatic heterocycles. The zero-order valence-electron chi connectivity index (χ0n) is 11.7. The van der Waals surface area contributed by atoms with Gasteiger partial charge in [0.2, 0.25) is 5.91 Å². The van der Waals surface area contributed by atoms with E-state index in [-0.39, 0.29) is 11.9 Å². The van der Waals surface area contributed by atoms with Gasteiger partial charge in [0.25, 0.3) is 0 Å². The largest absolute Gasteiger partial charge is 0.481 e. The van der Waals surface area contributed by atoms with E-state index in [0.29, 0.717) is 13.0 Å². The number of carboxylic acid groups (broad SMARTS) is 1. The topological polar surface area (TPSA) is 57.6 Å². The van der Waals surface area contributed by atoms with Gasteiger partial charge >= 0.3 is 5.97 Å². The monoisotopic (exact) mass is 273 g/mol. The van der Waals surface area contributed by atoms with E-state index < -0.39 is 11.9 Å². The Morgan fingerprint density at radius 1 is 1.40 bits per heavy atom. The Kier molecular flexibility index (Phi) is 4.23. The highest BCUT2D eigenvalue weighted by Gasteiger charge is 2.37. The normalized spacial score (nSPS) is 22.4. The molecule has 20 heavy (non-hydrogen) atoms. The van der Waals surface area contributed by atoms with Gasteiger partial charge in [0.05, 0.1) is 5.92 Å². The fraction of sp³-hybridized carbons (Fsp3) is 0.375. The van der Waals surface area contributed by atoms with Gasteiger partial charge in [-0.25, -0.2) is 0 Å². The van der Waals surface area contributed by atoms with E-state index in [0.717, 1.165) is 11.1 Å². The average molecular weight is 273 g/mol. The molecule has 4 nitrogen and oxygen atoms in total. The number of aryl methyl sites for hydroxylation is 1. The smallest absolute Gasteiger partial charge is 0.308 e. The lowest BCUT2D eigenvalue weighted by Gasteiger charge is -2.21. The van der Waals surface area contributed by atoms with Crippen LogP contribution in [0.1, 0.15) is 24.5 Å². The third-order valence-electron chi connectivity index (χ3n) is 3.82. The maximum Gasteiger partial charge on any atom is 0.308 e. The van der Waals surface area contributed by atoms with Crippen LogP contribution >= 0.6 is 0 Å². The van der Waals surface area contributed by atoms with Crippen LogP contribution in [-0.2, 0) is 9.59 Å². The Morgan fingerprint density at radius 2 is 2.15 bits per heavy atom. The molecule has 1 aliphatic rings. The molecule has 0 aliphatic carbocycles. The van der Waals surface area contributed by atoms with Gasteiger partial charge in [-0.3, -0.25) is 9.59 Å². The standard InChI is InChI=1S/C16H19NO3/c1-11-4-3-5-13(10-11)6-7-15(18)17-9-8-14(12(17)2)16(19)20/h3-7,10,12,14H,8-9H2,1-2H3,(H,19,20). The molecule has 1 N–H and O–H groups in total. The highest BCUT2D eigenvalue weighted by Crippen LogP contribution is 2.24. The molecule has 1 aromatic carbocycles. The average Bonchev–Trinajstić information content (AvgIpc) is 2.78. The number of amides is 1. The lowest BCUT2D eigenvalue weighted by molar-refractivity contribution is -0.142. The second-order valence-electron chi connectivity index (χ2n) is 5.25. The number of carbonyl (C=O) groups excluding carboxylic acids is 1. The predicted octanol–water partition coefficient (Wildman–Crippen LogP) is 2.33. The number of rotatable bonds is 3. The number of benzene rings is 1. The highest BCUT2D eigenvalue weighted by molar-refractivity contribution is 5.92. The van der Waals surface area contributed by atoms with Crippen molar-refractivity contribution in [1.82, 2.24) is 4.90 Å². The second kappa shape index (κ2) is 5.90. The molecule has 0 spiro atoms. The molecule has 0 bridgehead atoms. The molecule has 2 atom stereocenters. The first-order valence-electron chi connectivity index (χ1n) is 6.77. The van der Waals surface area contributed by atoms with E-state index >= 15 is 0 Å². The van der Waals surface area contributed by atoms with Crippen molar-refractivity contribution in [2.24, 2.45) is 5.92 Å². The summed E-state index contributed by atoms with van der Waals surface area (Å²) in [5.74, 6) is -1.40. The van der Waals surface area contributed by atoms with E-state index in [2.05, 4.69) is 0 Å². The third-order valence-corrected chi connectivity index (χ3v) is 3.82. The lowest BCUT2D eigenvalue weighted by Crippen LogP contribution is -2.36. The van der Waals surface area contributed by atoms with Crippen molar-refractivity contribution < 1.29 is 14.7 Å². The van der Waals surface area contributed by atoms with Gasteiger partial charge in [-0.1, -0.05) is 29.8 Å². The van der Waals surface area contributed by atoms with E-state index in [1.807, 2.05) is 31.2 Å². The van der Waals surface area contributed by atoms with Crippen LogP contribution in [0.25, 0.3) is 6.08 Å². The van der Waals surface area contributed by atoms with Gasteiger partial charge in [0.1, 0.15) is 0 Å². The number of hydrogen-bond donors (Lipinski definition) is 1. The minimum atomic E-state index is -0.824. The van der Waals surface area contributed by atoms with Crippen LogP contribution in [0.5, 0.6) is 0 Å². The fourth-order valence-electron chi connectivity index (χ4n) is 2.62. The van der Waals surface area contributed by atoms with Crippen LogP contribution in [0.15, 0.2) is 30.3 Å². The number of nitrogens with zero attached hydrogens (tertiary/aromatic N) is 1. The van der Waals surface area contributed by atoms with Crippen molar-refractivity contribution in [3.63, 3.8) is 0 Å². The maximum absolute atomic E-state index is 12.1. The molecular weight excluding hydrogens is 254 g/mol. The molecule has 1 amide bonds. The van der Waals surface area contributed by atoms with Crippen LogP contribution in [-0.4, -0.2) is 34.5 Å². The molecule has 1 heterocycles. The Morgan fingerprint density at radius 3 is 2.75 bits per heavy atom. The molecule has 106 valence electrons. The van der Waals surface area contributed by atoms with E-state index in [9.17, 15) is 9.59 Å². The number of hydrogen-bond acceptors (Lipinski definition) is 2. The Balaban J connectivity index is 2.04. The van der Waals surface area contributed by atoms with Crippen molar-refractivity contribution in [1.29, 1.82) is 0 Å². The molecule has 0 saturated carbocycles. The number of aliphatic carboxylic acids is 1. The van der Waals surface area contributed by atoms with E-state index in [1.54, 1.807) is 17.9 Å². The zero-order chi connectivity index (χ0) is 14.7. The third kappa shape index (κ3) is 3.07. The summed E-state index contributed by atoms with van der Waals surface area (Å²) in [5.41, 5.74) is 2.11. The molecule has 2 unspecified atom stereocenters. The fourth-order valence-corrected chi connectivity index (χ4v) is 2.62. The van der Waals surface area contributed by atoms with Gasteiger partial charge in [-0.2, -0.15) is 0 Å². The lowest BCUT2D eigenvalue weighted by atomic mass is 10.0. The Bertz CT molecular complexity index is 550. The molecule has 1 aromatic rings. The molecule has 2 rings (SSSR count). The molecule has 4 heteroatoms. The minimum absolute atomic E-state index is 0.122. The van der Waals surface area contributed by atoms with Gasteiger partial charge < -0.3 is 10.0 Å². The van der Waals surface area contributed by atoms with Crippen molar-refractivity contribution in [3.05, 3.63) is 41.5 Å². The molecule has 1 saturated heterocycles. The van der Waals surface area contributed by atoms with Gasteiger partial charge in [0.15, 0.2) is 0 Å². The summed E-state index contributed by atoms with van der Waals surface area (Å²) in [5, 5.41) is 9.07. The first-order valence-corrected chi connectivity index (χ1v) is 6.77. The van der Waals surface area contributed by atoms with Crippen LogP contribution < -0.4 is 0 Å². The van der Waals surface area contributed by atoms with Crippen LogP contribution in [0.2, 0.25) is 0 Å². The molecular formula is C16H19NO3. The minimum Gasteiger partial charge on any atom is -0.481 e. The summed E-state index contributed by atoms with van der Waals surface area (Å²) in [6.07, 6.45) is 3.83. The van der Waals surface area contributed by atoms with Crippen molar-refractivity contribution in [3.8, 4) is 0 Å². The summed E-state index contributed by atoms with van der Waals surface area (Å²) in [4.78, 5) is 24.8. The summed E-state index contributed by atoms with van der Waals surface area (Å²) >= 11 is 0. The van der Waals surface area contributed by atoms with E-state index in [4.69, 9.17) is 5.11 Å². The van der Waals surface area contributed by atoms with Crippen molar-refractivity contribution in [2.45, 2.75) is 26.3 Å². The van der Waals surface area contributed by atoms with Gasteiger partial charge in [-0.15, -0.1) is 0 Å². The second-order valence-corrected chi connectivity index (χ2v) is 5.25. The number of likely N-dealkylation sites (tertiary alicyclic amines) is 1. The van der Waals surface area contributed by atoms with Crippen LogP contribution in [0, 0.1) is 12.8 Å². The van der Waals surface area contributed by atoms with Crippen molar-refractivity contribution in [2.75, 3.05) is 6.54 Å². The van der Waals surface area contributed by atoms with Crippen molar-refractivity contribution >= 4 is 18.0 Å².